The second-order valence-corrected chi connectivity index (χ2v) is 17.8. The molecule has 0 saturated carbocycles. The van der Waals surface area contributed by atoms with Crippen molar-refractivity contribution in [3.05, 3.63) is 53.6 Å². The van der Waals surface area contributed by atoms with Crippen LogP contribution in [0.2, 0.25) is 0 Å². The number of hydrogen-bond donors (Lipinski definition) is 3. The van der Waals surface area contributed by atoms with Crippen LogP contribution in [0.25, 0.3) is 33.5 Å². The van der Waals surface area contributed by atoms with Crippen molar-refractivity contribution in [3.8, 4) is 11.5 Å². The number of aromatic amines is 1. The number of carbonyl (C=O) groups is 4. The first-order chi connectivity index (χ1) is 27.9. The van der Waals surface area contributed by atoms with Gasteiger partial charge in [-0.2, -0.15) is 0 Å². The quantitative estimate of drug-likeness (QED) is 0.117. The fraction of sp³-hybridized carbons (Fsp3) is 0.578. The molecule has 2 aromatic carbocycles. The zero-order valence-electron chi connectivity index (χ0n) is 35.6. The minimum absolute atomic E-state index is 0.0221. The molecule has 4 aromatic rings. The first kappa shape index (κ1) is 43.8. The number of hydrogen-bond acceptors (Lipinski definition) is 6. The van der Waals surface area contributed by atoms with Gasteiger partial charge in [0.25, 0.3) is 0 Å². The number of imidazole rings is 1. The number of nitrogens with zero attached hydrogens (tertiary/aromatic N) is 4. The summed E-state index contributed by atoms with van der Waals surface area (Å²) < 4.78 is 47.0. The van der Waals surface area contributed by atoms with E-state index >= 15 is 4.39 Å². The molecular formula is C45H60F3N7O4. The molecule has 2 fully saturated rings. The molecular weight excluding hydrogens is 760 g/mol. The molecule has 3 amide bonds. The van der Waals surface area contributed by atoms with Crippen molar-refractivity contribution in [2.24, 2.45) is 17.3 Å². The number of likely N-dealkylation sites (N-methyl/N-ethyl adjacent to an activating group) is 1. The van der Waals surface area contributed by atoms with Crippen molar-refractivity contribution in [1.82, 2.24) is 35.0 Å². The number of fused-ring (bicyclic) bond motifs is 2. The summed E-state index contributed by atoms with van der Waals surface area (Å²) >= 11 is 0. The largest absolute Gasteiger partial charge is 0.352 e. The van der Waals surface area contributed by atoms with Crippen LogP contribution in [0.15, 0.2) is 36.4 Å². The number of ketones is 1. The Morgan fingerprint density at radius 2 is 1.68 bits per heavy atom. The lowest BCUT2D eigenvalue weighted by Gasteiger charge is -2.36. The molecule has 0 radical (unpaired) electrons. The number of aromatic nitrogens is 3. The van der Waals surface area contributed by atoms with Crippen molar-refractivity contribution in [2.45, 2.75) is 130 Å². The fourth-order valence-electron chi connectivity index (χ4n) is 8.70. The van der Waals surface area contributed by atoms with Gasteiger partial charge in [-0.3, -0.25) is 19.2 Å². The highest BCUT2D eigenvalue weighted by molar-refractivity contribution is 5.93. The number of nitrogens with one attached hydrogen (secondary N) is 3. The van der Waals surface area contributed by atoms with Crippen LogP contribution < -0.4 is 10.6 Å². The molecule has 0 unspecified atom stereocenters. The van der Waals surface area contributed by atoms with Crippen molar-refractivity contribution in [1.29, 1.82) is 0 Å². The molecule has 0 aliphatic carbocycles. The second kappa shape index (κ2) is 17.9. The smallest absolute Gasteiger partial charge is 0.246 e. The third kappa shape index (κ3) is 9.22. The van der Waals surface area contributed by atoms with Crippen LogP contribution in [0.3, 0.4) is 0 Å². The van der Waals surface area contributed by atoms with Gasteiger partial charge in [-0.05, 0) is 87.4 Å². The van der Waals surface area contributed by atoms with Crippen LogP contribution in [0.5, 0.6) is 0 Å². The Labute approximate surface area is 344 Å². The molecule has 320 valence electrons. The molecule has 2 aromatic heterocycles. The summed E-state index contributed by atoms with van der Waals surface area (Å²) in [4.78, 5) is 66.3. The van der Waals surface area contributed by atoms with E-state index in [0.29, 0.717) is 53.9 Å². The molecule has 6 rings (SSSR count). The Balaban J connectivity index is 1.40. The maximum absolute atomic E-state index is 15.5. The maximum Gasteiger partial charge on any atom is 0.246 e. The van der Waals surface area contributed by atoms with E-state index in [1.165, 1.54) is 29.2 Å². The molecule has 3 N–H and O–H groups in total. The number of alkyl halides is 1. The van der Waals surface area contributed by atoms with Crippen LogP contribution in [0, 0.1) is 28.9 Å². The number of Topliss-reactive ketones (excluding diaryl/α,β-unsaturated/α-hetero) is 1. The van der Waals surface area contributed by atoms with E-state index in [2.05, 4.69) is 15.6 Å². The standard InChI is InChI=1S/C45H60F3N7O4/c1-9-25(3)42(57)52-40(45(5,6)7)44(59)54-23-30(48)19-32(54)24-55-37-16-14-29(47)21-36(37)51-41(55)39-34(33-15-13-28(46)20-35(33)50-39)22-31-12-11-17-53(31)43(58)27(10-2)18-38(56)26(4)49-8/h13-16,20-21,25-27,30-32,40,49-50H,9-12,17-19,22-24H2,1-8H3,(H,52,57)/t25-,26+,27-,30+,31+,32+,40-/m1/s1. The highest BCUT2D eigenvalue weighted by Crippen LogP contribution is 2.38. The van der Waals surface area contributed by atoms with Crippen molar-refractivity contribution in [2.75, 3.05) is 20.1 Å². The van der Waals surface area contributed by atoms with Crippen LogP contribution in [0.1, 0.15) is 92.6 Å². The van der Waals surface area contributed by atoms with Gasteiger partial charge >= 0.3 is 0 Å². The van der Waals surface area contributed by atoms with Gasteiger partial charge in [-0.1, -0.05) is 41.5 Å². The molecule has 14 heteroatoms. The zero-order chi connectivity index (χ0) is 42.9. The summed E-state index contributed by atoms with van der Waals surface area (Å²) in [5.74, 6) is -2.03. The van der Waals surface area contributed by atoms with Gasteiger partial charge in [0.2, 0.25) is 17.7 Å². The van der Waals surface area contributed by atoms with Gasteiger partial charge in [0.1, 0.15) is 29.6 Å². The number of likely N-dealkylation sites (tertiary alicyclic amines) is 2. The van der Waals surface area contributed by atoms with E-state index < -0.39 is 41.2 Å². The predicted octanol–water partition coefficient (Wildman–Crippen LogP) is 7.11. The molecule has 0 spiro atoms. The van der Waals surface area contributed by atoms with Crippen molar-refractivity contribution in [3.63, 3.8) is 0 Å². The minimum atomic E-state index is -1.31. The highest BCUT2D eigenvalue weighted by atomic mass is 19.1. The average molecular weight is 820 g/mol. The summed E-state index contributed by atoms with van der Waals surface area (Å²) in [5.41, 5.74) is 2.09. The van der Waals surface area contributed by atoms with Gasteiger partial charge in [-0.15, -0.1) is 0 Å². The minimum Gasteiger partial charge on any atom is -0.352 e. The molecule has 0 bridgehead atoms. The van der Waals surface area contributed by atoms with E-state index in [1.54, 1.807) is 33.0 Å². The normalized spacial score (nSPS) is 20.6. The number of rotatable bonds is 15. The fourth-order valence-corrected chi connectivity index (χ4v) is 8.70. The Hall–Kier alpha value is -4.72. The highest BCUT2D eigenvalue weighted by Gasteiger charge is 2.43. The number of amides is 3. The van der Waals surface area contributed by atoms with E-state index in [0.717, 1.165) is 23.8 Å². The second-order valence-electron chi connectivity index (χ2n) is 17.8. The van der Waals surface area contributed by atoms with Gasteiger partial charge < -0.3 is 30.0 Å². The van der Waals surface area contributed by atoms with Gasteiger partial charge in [0, 0.05) is 60.8 Å². The first-order valence-electron chi connectivity index (χ1n) is 21.2. The van der Waals surface area contributed by atoms with Crippen LogP contribution in [0.4, 0.5) is 13.2 Å². The number of H-pyrrole nitrogens is 1. The molecule has 2 aliphatic heterocycles. The molecule has 59 heavy (non-hydrogen) atoms. The lowest BCUT2D eigenvalue weighted by Crippen LogP contribution is -2.57. The Morgan fingerprint density at radius 1 is 0.966 bits per heavy atom. The maximum atomic E-state index is 15.5. The summed E-state index contributed by atoms with van der Waals surface area (Å²) in [6, 6.07) is 6.61. The van der Waals surface area contributed by atoms with Crippen molar-refractivity contribution >= 4 is 45.4 Å². The summed E-state index contributed by atoms with van der Waals surface area (Å²) in [6.45, 7) is 13.5. The predicted molar refractivity (Wildman–Crippen MR) is 223 cm³/mol. The topological polar surface area (TPSA) is 132 Å². The van der Waals surface area contributed by atoms with E-state index in [4.69, 9.17) is 4.98 Å². The molecule has 2 aliphatic rings. The first-order valence-corrected chi connectivity index (χ1v) is 21.2. The summed E-state index contributed by atoms with van der Waals surface area (Å²) in [5, 5.41) is 6.66. The lowest BCUT2D eigenvalue weighted by molar-refractivity contribution is -0.141. The molecule has 2 saturated heterocycles. The molecule has 11 nitrogen and oxygen atoms in total. The van der Waals surface area contributed by atoms with Crippen LogP contribution >= 0.6 is 0 Å². The Kier molecular flexibility index (Phi) is 13.3. The van der Waals surface area contributed by atoms with Crippen molar-refractivity contribution < 1.29 is 32.3 Å². The van der Waals surface area contributed by atoms with E-state index in [9.17, 15) is 28.0 Å². The Bertz CT molecular complexity index is 2190. The van der Waals surface area contributed by atoms with Crippen LogP contribution in [-0.2, 0) is 32.1 Å². The van der Waals surface area contributed by atoms with E-state index in [-0.39, 0.29) is 67.4 Å². The third-order valence-electron chi connectivity index (χ3n) is 12.6. The van der Waals surface area contributed by atoms with Gasteiger partial charge in [0.15, 0.2) is 5.82 Å². The van der Waals surface area contributed by atoms with E-state index in [1.807, 2.05) is 44.1 Å². The number of halogens is 3. The number of benzene rings is 2. The number of carbonyl (C=O) groups excluding carboxylic acids is 4. The zero-order valence-corrected chi connectivity index (χ0v) is 35.6. The summed E-state index contributed by atoms with van der Waals surface area (Å²) in [7, 11) is 1.72. The Morgan fingerprint density at radius 3 is 2.36 bits per heavy atom. The monoisotopic (exact) mass is 819 g/mol. The average Bonchev–Trinajstić information content (AvgIpc) is 3.98. The SMILES string of the molecule is CC[C@H](CC(=O)[C@H](C)NC)C(=O)N1CCC[C@H]1Cc1c(-c2nc3cc(F)ccc3n2C[C@@H]2C[C@H](F)CN2C(=O)[C@@H](NC(=O)[C@H](C)CC)C(C)(C)C)[nH]c2cc(F)ccc12. The van der Waals surface area contributed by atoms with Gasteiger partial charge in [0.05, 0.1) is 35.4 Å². The summed E-state index contributed by atoms with van der Waals surface area (Å²) in [6.07, 6.45) is 1.88. The van der Waals surface area contributed by atoms with Gasteiger partial charge in [-0.25, -0.2) is 18.2 Å². The molecule has 4 heterocycles. The third-order valence-corrected chi connectivity index (χ3v) is 12.6. The lowest BCUT2D eigenvalue weighted by atomic mass is 9.85. The molecule has 7 atom stereocenters. The van der Waals surface area contributed by atoms with Crippen LogP contribution in [-0.4, -0.2) is 98.3 Å².